The van der Waals surface area contributed by atoms with Gasteiger partial charge in [-0.15, -0.1) is 0 Å². The topological polar surface area (TPSA) is 93.9 Å². The molecule has 0 unspecified atom stereocenters. The highest BCUT2D eigenvalue weighted by atomic mass is 16.5. The molecular weight excluding hydrogens is 350 g/mol. The number of nitrogens with zero attached hydrogens (tertiary/aromatic N) is 2. The van der Waals surface area contributed by atoms with Crippen molar-refractivity contribution >= 4 is 12.0 Å². The molecule has 0 bridgehead atoms. The van der Waals surface area contributed by atoms with E-state index in [1.807, 2.05) is 24.3 Å². The molecule has 2 heterocycles. The maximum Gasteiger partial charge on any atom is 0.407 e. The van der Waals surface area contributed by atoms with Crippen molar-refractivity contribution in [3.05, 3.63) is 36.0 Å². The number of rotatable bonds is 5. The van der Waals surface area contributed by atoms with E-state index in [-0.39, 0.29) is 17.6 Å². The molecule has 1 fully saturated rings. The van der Waals surface area contributed by atoms with Gasteiger partial charge in [0.1, 0.15) is 5.75 Å². The zero-order chi connectivity index (χ0) is 19.2. The molecule has 2 aromatic rings. The van der Waals surface area contributed by atoms with E-state index in [4.69, 9.17) is 14.0 Å². The molecule has 1 aromatic heterocycles. The average molecular weight is 373 g/mol. The van der Waals surface area contributed by atoms with Gasteiger partial charge in [-0.1, -0.05) is 17.3 Å². The number of carbonyl (C=O) groups is 2. The van der Waals surface area contributed by atoms with Crippen LogP contribution in [-0.4, -0.2) is 54.9 Å². The number of hydrogen-bond acceptors (Lipinski definition) is 6. The summed E-state index contributed by atoms with van der Waals surface area (Å²) in [5.41, 5.74) is 0.958. The van der Waals surface area contributed by atoms with Crippen LogP contribution >= 0.6 is 0 Å². The maximum absolute atomic E-state index is 12.8. The Kier molecular flexibility index (Phi) is 5.95. The second-order valence-corrected chi connectivity index (χ2v) is 6.23. The number of para-hydroxylation sites is 1. The van der Waals surface area contributed by atoms with Crippen molar-refractivity contribution in [3.63, 3.8) is 0 Å². The van der Waals surface area contributed by atoms with Gasteiger partial charge in [0.05, 0.1) is 19.3 Å². The fourth-order valence-corrected chi connectivity index (χ4v) is 3.13. The van der Waals surface area contributed by atoms with Gasteiger partial charge in [-0.3, -0.25) is 4.79 Å². The summed E-state index contributed by atoms with van der Waals surface area (Å²) in [5.74, 6) is 0.883. The lowest BCUT2D eigenvalue weighted by Crippen LogP contribution is -2.49. The van der Waals surface area contributed by atoms with E-state index < -0.39 is 6.09 Å². The fraction of sp³-hybridized carbons (Fsp3) is 0.421. The lowest BCUT2D eigenvalue weighted by Gasteiger charge is -2.32. The van der Waals surface area contributed by atoms with Crippen LogP contribution in [0, 0.1) is 0 Å². The number of benzene rings is 1. The van der Waals surface area contributed by atoms with E-state index in [2.05, 4.69) is 10.5 Å². The largest absolute Gasteiger partial charge is 0.496 e. The van der Waals surface area contributed by atoms with E-state index >= 15 is 0 Å². The van der Waals surface area contributed by atoms with Crippen LogP contribution in [0.4, 0.5) is 4.79 Å². The third-order valence-corrected chi connectivity index (χ3v) is 4.41. The van der Waals surface area contributed by atoms with Gasteiger partial charge in [0, 0.05) is 25.2 Å². The molecule has 0 saturated carbocycles. The maximum atomic E-state index is 12.8. The van der Waals surface area contributed by atoms with E-state index in [9.17, 15) is 9.59 Å². The van der Waals surface area contributed by atoms with Crippen LogP contribution in [0.1, 0.15) is 30.3 Å². The molecule has 0 spiro atoms. The Labute approximate surface area is 157 Å². The molecule has 0 radical (unpaired) electrons. The number of carbonyl (C=O) groups excluding carboxylic acids is 2. The molecule has 144 valence electrons. The van der Waals surface area contributed by atoms with Gasteiger partial charge in [-0.05, 0) is 31.9 Å². The third-order valence-electron chi connectivity index (χ3n) is 4.41. The van der Waals surface area contributed by atoms with Crippen molar-refractivity contribution in [2.45, 2.75) is 25.8 Å². The predicted molar refractivity (Wildman–Crippen MR) is 97.6 cm³/mol. The van der Waals surface area contributed by atoms with E-state index in [1.165, 1.54) is 0 Å². The number of piperidine rings is 1. The van der Waals surface area contributed by atoms with Gasteiger partial charge < -0.3 is 24.2 Å². The number of aromatic nitrogens is 1. The first-order valence-corrected chi connectivity index (χ1v) is 8.95. The minimum absolute atomic E-state index is 0.137. The summed E-state index contributed by atoms with van der Waals surface area (Å²) >= 11 is 0. The molecule has 0 aliphatic carbocycles. The van der Waals surface area contributed by atoms with Crippen LogP contribution in [-0.2, 0) is 4.74 Å². The highest BCUT2D eigenvalue weighted by Gasteiger charge is 2.28. The lowest BCUT2D eigenvalue weighted by molar-refractivity contribution is 0.0676. The summed E-state index contributed by atoms with van der Waals surface area (Å²) in [6.45, 7) is 3.08. The Morgan fingerprint density at radius 3 is 2.96 bits per heavy atom. The van der Waals surface area contributed by atoms with Crippen LogP contribution in [0.25, 0.3) is 11.3 Å². The summed E-state index contributed by atoms with van der Waals surface area (Å²) in [6, 6.07) is 8.85. The molecule has 1 atom stereocenters. The van der Waals surface area contributed by atoms with E-state index in [1.54, 1.807) is 25.0 Å². The number of amides is 2. The zero-order valence-corrected chi connectivity index (χ0v) is 15.4. The van der Waals surface area contributed by atoms with Crippen LogP contribution < -0.4 is 10.1 Å². The Morgan fingerprint density at radius 1 is 1.37 bits per heavy atom. The number of methoxy groups -OCH3 is 1. The molecule has 1 N–H and O–H groups in total. The molecule has 1 aliphatic heterocycles. The highest BCUT2D eigenvalue weighted by molar-refractivity contribution is 5.93. The summed E-state index contributed by atoms with van der Waals surface area (Å²) in [4.78, 5) is 26.1. The normalized spacial score (nSPS) is 16.7. The molecule has 8 nitrogen and oxygen atoms in total. The zero-order valence-electron chi connectivity index (χ0n) is 15.4. The summed E-state index contributed by atoms with van der Waals surface area (Å²) in [6.07, 6.45) is 1.13. The van der Waals surface area contributed by atoms with Crippen LogP contribution in [0.15, 0.2) is 34.9 Å². The number of nitrogens with one attached hydrogen (secondary N) is 1. The van der Waals surface area contributed by atoms with Crippen LogP contribution in [0.5, 0.6) is 5.75 Å². The standard InChI is InChI=1S/C19H23N3O5/c1-3-26-19(24)20-13-7-6-10-22(12-13)18(23)15-11-17(27-21-15)14-8-4-5-9-16(14)25-2/h4-5,8-9,11,13H,3,6-7,10,12H2,1-2H3,(H,20,24)/t13-/m1/s1. The summed E-state index contributed by atoms with van der Waals surface area (Å²) in [7, 11) is 1.58. The Balaban J connectivity index is 1.69. The average Bonchev–Trinajstić information content (AvgIpc) is 3.17. The number of likely N-dealkylation sites (tertiary alicyclic amines) is 1. The SMILES string of the molecule is CCOC(=O)N[C@@H]1CCCN(C(=O)c2cc(-c3ccccc3OC)on2)C1. The first kappa shape index (κ1) is 18.8. The van der Waals surface area contributed by atoms with E-state index in [0.29, 0.717) is 31.2 Å². The van der Waals surface area contributed by atoms with Crippen molar-refractivity contribution in [2.75, 3.05) is 26.8 Å². The second-order valence-electron chi connectivity index (χ2n) is 6.23. The predicted octanol–water partition coefficient (Wildman–Crippen LogP) is 2.70. The smallest absolute Gasteiger partial charge is 0.407 e. The van der Waals surface area contributed by atoms with Gasteiger partial charge in [0.25, 0.3) is 5.91 Å². The molecule has 8 heteroatoms. The molecular formula is C19H23N3O5. The van der Waals surface area contributed by atoms with Crippen LogP contribution in [0.2, 0.25) is 0 Å². The first-order valence-electron chi connectivity index (χ1n) is 8.95. The molecule has 1 aliphatic rings. The highest BCUT2D eigenvalue weighted by Crippen LogP contribution is 2.30. The monoisotopic (exact) mass is 373 g/mol. The quantitative estimate of drug-likeness (QED) is 0.866. The van der Waals surface area contributed by atoms with Crippen molar-refractivity contribution in [1.82, 2.24) is 15.4 Å². The van der Waals surface area contributed by atoms with Gasteiger partial charge >= 0.3 is 6.09 Å². The van der Waals surface area contributed by atoms with E-state index in [0.717, 1.165) is 18.4 Å². The minimum Gasteiger partial charge on any atom is -0.496 e. The Hall–Kier alpha value is -3.03. The molecule has 1 aromatic carbocycles. The Bertz CT molecular complexity index is 804. The molecule has 27 heavy (non-hydrogen) atoms. The first-order chi connectivity index (χ1) is 13.1. The van der Waals surface area contributed by atoms with Crippen LogP contribution in [0.3, 0.4) is 0 Å². The van der Waals surface area contributed by atoms with Crippen molar-refractivity contribution in [3.8, 4) is 17.1 Å². The van der Waals surface area contributed by atoms with Gasteiger partial charge in [0.15, 0.2) is 11.5 Å². The molecule has 2 amide bonds. The van der Waals surface area contributed by atoms with Gasteiger partial charge in [-0.25, -0.2) is 4.79 Å². The Morgan fingerprint density at radius 2 is 2.19 bits per heavy atom. The fourth-order valence-electron chi connectivity index (χ4n) is 3.13. The molecule has 3 rings (SSSR count). The molecule has 1 saturated heterocycles. The number of alkyl carbamates (subject to hydrolysis) is 1. The van der Waals surface area contributed by atoms with Gasteiger partial charge in [-0.2, -0.15) is 0 Å². The number of ether oxygens (including phenoxy) is 2. The second kappa shape index (κ2) is 8.57. The third kappa shape index (κ3) is 4.39. The lowest BCUT2D eigenvalue weighted by atomic mass is 10.1. The summed E-state index contributed by atoms with van der Waals surface area (Å²) in [5, 5.41) is 6.71. The van der Waals surface area contributed by atoms with Crippen molar-refractivity contribution < 1.29 is 23.6 Å². The number of hydrogen-bond donors (Lipinski definition) is 1. The van der Waals surface area contributed by atoms with Crippen molar-refractivity contribution in [1.29, 1.82) is 0 Å². The summed E-state index contributed by atoms with van der Waals surface area (Å²) < 4.78 is 15.6. The van der Waals surface area contributed by atoms with Gasteiger partial charge in [0.2, 0.25) is 0 Å². The minimum atomic E-state index is -0.461. The van der Waals surface area contributed by atoms with Crippen molar-refractivity contribution in [2.24, 2.45) is 0 Å².